The summed E-state index contributed by atoms with van der Waals surface area (Å²) in [6, 6.07) is 6.20. The highest BCUT2D eigenvalue weighted by Crippen LogP contribution is 2.47. The molecule has 1 aliphatic carbocycles. The fraction of sp³-hybridized carbons (Fsp3) is 0.450. The molecule has 0 spiro atoms. The van der Waals surface area contributed by atoms with Crippen LogP contribution < -0.4 is 0 Å². The lowest BCUT2D eigenvalue weighted by Crippen LogP contribution is -2.32. The average molecular weight is 281 g/mol. The van der Waals surface area contributed by atoms with Crippen LogP contribution in [0.15, 0.2) is 54.3 Å². The Morgan fingerprint density at radius 3 is 2.67 bits per heavy atom. The van der Waals surface area contributed by atoms with Crippen molar-refractivity contribution in [3.05, 3.63) is 60.0 Å². The zero-order valence-electron chi connectivity index (χ0n) is 13.9. The Hall–Kier alpha value is -1.63. The van der Waals surface area contributed by atoms with Crippen molar-refractivity contribution in [2.24, 2.45) is 17.3 Å². The maximum Gasteiger partial charge on any atom is 0.0664 e. The van der Waals surface area contributed by atoms with E-state index in [1.165, 1.54) is 11.1 Å². The van der Waals surface area contributed by atoms with Crippen LogP contribution in [0.1, 0.15) is 46.7 Å². The van der Waals surface area contributed by atoms with Gasteiger partial charge in [0, 0.05) is 6.20 Å². The summed E-state index contributed by atoms with van der Waals surface area (Å²) in [7, 11) is 0. The topological polar surface area (TPSA) is 12.9 Å². The smallest absolute Gasteiger partial charge is 0.0664 e. The number of rotatable bonds is 4. The first-order valence-corrected chi connectivity index (χ1v) is 7.92. The Morgan fingerprint density at radius 2 is 2.10 bits per heavy atom. The van der Waals surface area contributed by atoms with Crippen molar-refractivity contribution in [2.75, 3.05) is 0 Å². The van der Waals surface area contributed by atoms with E-state index in [1.54, 1.807) is 0 Å². The molecule has 0 radical (unpaired) electrons. The highest BCUT2D eigenvalue weighted by Gasteiger charge is 2.38. The largest absolute Gasteiger partial charge is 0.257 e. The van der Waals surface area contributed by atoms with Gasteiger partial charge in [0.2, 0.25) is 0 Å². The first kappa shape index (κ1) is 15.8. The van der Waals surface area contributed by atoms with E-state index < -0.39 is 0 Å². The second-order valence-electron chi connectivity index (χ2n) is 6.57. The molecule has 2 rings (SSSR count). The zero-order valence-corrected chi connectivity index (χ0v) is 13.9. The Balaban J connectivity index is 2.50. The molecule has 0 amide bonds. The molecule has 0 aliphatic heterocycles. The Morgan fingerprint density at radius 1 is 1.33 bits per heavy atom. The standard InChI is InChI=1S/C20H27N/c1-6-12-20(5,15(2)3)18-11-10-16(4)14-17(18)19-9-7-8-13-21-19/h6-10,12-15,18H,11H2,1-5H3. The van der Waals surface area contributed by atoms with Crippen LogP contribution in [0.4, 0.5) is 0 Å². The molecule has 2 atom stereocenters. The van der Waals surface area contributed by atoms with Crippen LogP contribution in [-0.4, -0.2) is 4.98 Å². The third kappa shape index (κ3) is 3.18. The average Bonchev–Trinajstić information content (AvgIpc) is 2.48. The quantitative estimate of drug-likeness (QED) is 0.648. The van der Waals surface area contributed by atoms with Crippen molar-refractivity contribution in [1.82, 2.24) is 4.98 Å². The van der Waals surface area contributed by atoms with Crippen LogP contribution in [0.25, 0.3) is 5.57 Å². The van der Waals surface area contributed by atoms with Crippen molar-refractivity contribution < 1.29 is 0 Å². The van der Waals surface area contributed by atoms with E-state index in [4.69, 9.17) is 0 Å². The summed E-state index contributed by atoms with van der Waals surface area (Å²) in [5, 5.41) is 0. The van der Waals surface area contributed by atoms with Crippen LogP contribution in [-0.2, 0) is 0 Å². The molecule has 1 heteroatoms. The second kappa shape index (κ2) is 6.43. The van der Waals surface area contributed by atoms with E-state index in [1.807, 2.05) is 12.3 Å². The molecule has 0 bridgehead atoms. The van der Waals surface area contributed by atoms with Gasteiger partial charge in [0.05, 0.1) is 5.69 Å². The normalized spacial score (nSPS) is 22.1. The van der Waals surface area contributed by atoms with Gasteiger partial charge in [0.25, 0.3) is 0 Å². The first-order valence-electron chi connectivity index (χ1n) is 7.92. The van der Waals surface area contributed by atoms with E-state index in [0.29, 0.717) is 11.8 Å². The third-order valence-electron chi connectivity index (χ3n) is 4.92. The molecule has 1 aliphatic rings. The van der Waals surface area contributed by atoms with Crippen molar-refractivity contribution in [1.29, 1.82) is 0 Å². The molecular weight excluding hydrogens is 254 g/mol. The number of aromatic nitrogens is 1. The molecule has 0 fully saturated rings. The summed E-state index contributed by atoms with van der Waals surface area (Å²) < 4.78 is 0. The lowest BCUT2D eigenvalue weighted by Gasteiger charge is -2.41. The zero-order chi connectivity index (χ0) is 15.5. The number of nitrogens with zero attached hydrogens (tertiary/aromatic N) is 1. The molecule has 112 valence electrons. The summed E-state index contributed by atoms with van der Waals surface area (Å²) in [5.74, 6) is 1.06. The van der Waals surface area contributed by atoms with Gasteiger partial charge in [-0.2, -0.15) is 0 Å². The minimum atomic E-state index is 0.148. The molecule has 1 aromatic heterocycles. The van der Waals surface area contributed by atoms with Gasteiger partial charge in [-0.25, -0.2) is 0 Å². The summed E-state index contributed by atoms with van der Waals surface area (Å²) in [6.45, 7) is 11.3. The Labute approximate surface area is 129 Å². The maximum atomic E-state index is 4.60. The van der Waals surface area contributed by atoms with Crippen molar-refractivity contribution >= 4 is 5.57 Å². The molecule has 1 heterocycles. The summed E-state index contributed by atoms with van der Waals surface area (Å²) in [5.41, 5.74) is 3.99. The number of hydrogen-bond acceptors (Lipinski definition) is 1. The summed E-state index contributed by atoms with van der Waals surface area (Å²) >= 11 is 0. The summed E-state index contributed by atoms with van der Waals surface area (Å²) in [4.78, 5) is 4.60. The predicted octanol–water partition coefficient (Wildman–Crippen LogP) is 5.67. The second-order valence-corrected chi connectivity index (χ2v) is 6.57. The number of allylic oxidation sites excluding steroid dienone is 6. The first-order chi connectivity index (χ1) is 9.99. The molecule has 2 unspecified atom stereocenters. The Kier molecular flexibility index (Phi) is 4.82. The van der Waals surface area contributed by atoms with Gasteiger partial charge in [-0.05, 0) is 55.2 Å². The Bertz CT molecular complexity index is 563. The van der Waals surface area contributed by atoms with E-state index in [-0.39, 0.29) is 5.41 Å². The van der Waals surface area contributed by atoms with Crippen LogP contribution in [0, 0.1) is 17.3 Å². The summed E-state index contributed by atoms with van der Waals surface area (Å²) in [6.07, 6.45) is 12.2. The van der Waals surface area contributed by atoms with Crippen LogP contribution in [0.3, 0.4) is 0 Å². The van der Waals surface area contributed by atoms with Gasteiger partial charge < -0.3 is 0 Å². The molecule has 1 aromatic rings. The van der Waals surface area contributed by atoms with E-state index in [9.17, 15) is 0 Å². The highest BCUT2D eigenvalue weighted by atomic mass is 14.7. The molecule has 0 saturated heterocycles. The fourth-order valence-corrected chi connectivity index (χ4v) is 3.28. The molecule has 21 heavy (non-hydrogen) atoms. The monoisotopic (exact) mass is 281 g/mol. The molecule has 0 N–H and O–H groups in total. The molecule has 1 nitrogen and oxygen atoms in total. The SMILES string of the molecule is CC=CC(C)(C(C)C)C1CC=C(C)C=C1c1ccccn1. The van der Waals surface area contributed by atoms with Crippen LogP contribution in [0.5, 0.6) is 0 Å². The molecular formula is C20H27N. The lowest BCUT2D eigenvalue weighted by atomic mass is 9.63. The van der Waals surface area contributed by atoms with E-state index >= 15 is 0 Å². The number of pyridine rings is 1. The predicted molar refractivity (Wildman–Crippen MR) is 91.8 cm³/mol. The van der Waals surface area contributed by atoms with Gasteiger partial charge >= 0.3 is 0 Å². The minimum Gasteiger partial charge on any atom is -0.257 e. The van der Waals surface area contributed by atoms with Crippen molar-refractivity contribution in [3.8, 4) is 0 Å². The van der Waals surface area contributed by atoms with Crippen molar-refractivity contribution in [3.63, 3.8) is 0 Å². The maximum absolute atomic E-state index is 4.60. The van der Waals surface area contributed by atoms with Gasteiger partial charge in [-0.1, -0.05) is 56.7 Å². The molecule has 0 aromatic carbocycles. The van der Waals surface area contributed by atoms with Crippen LogP contribution >= 0.6 is 0 Å². The highest BCUT2D eigenvalue weighted by molar-refractivity contribution is 5.70. The van der Waals surface area contributed by atoms with Gasteiger partial charge in [0.15, 0.2) is 0 Å². The van der Waals surface area contributed by atoms with Gasteiger partial charge in [-0.3, -0.25) is 4.98 Å². The van der Waals surface area contributed by atoms with E-state index in [2.05, 4.69) is 76.0 Å². The van der Waals surface area contributed by atoms with Crippen LogP contribution in [0.2, 0.25) is 0 Å². The molecule has 0 saturated carbocycles. The van der Waals surface area contributed by atoms with Crippen molar-refractivity contribution in [2.45, 2.75) is 41.0 Å². The van der Waals surface area contributed by atoms with Gasteiger partial charge in [0.1, 0.15) is 0 Å². The fourth-order valence-electron chi connectivity index (χ4n) is 3.28. The van der Waals surface area contributed by atoms with E-state index in [0.717, 1.165) is 12.1 Å². The minimum absolute atomic E-state index is 0.148. The van der Waals surface area contributed by atoms with Gasteiger partial charge in [-0.15, -0.1) is 0 Å². The number of hydrogen-bond donors (Lipinski definition) is 0. The third-order valence-corrected chi connectivity index (χ3v) is 4.92. The lowest BCUT2D eigenvalue weighted by molar-refractivity contribution is 0.221.